The van der Waals surface area contributed by atoms with Gasteiger partial charge >= 0.3 is 5.97 Å². The van der Waals surface area contributed by atoms with Crippen LogP contribution in [-0.2, 0) is 11.4 Å². The Morgan fingerprint density at radius 2 is 1.67 bits per heavy atom. The molecular formula is C32H26N2O5. The molecule has 0 aliphatic carbocycles. The molecule has 0 radical (unpaired) electrons. The van der Waals surface area contributed by atoms with Crippen molar-refractivity contribution in [3.05, 3.63) is 131 Å². The van der Waals surface area contributed by atoms with Gasteiger partial charge in [-0.1, -0.05) is 66.2 Å². The number of fused-ring (bicyclic) bond motifs is 1. The van der Waals surface area contributed by atoms with Crippen molar-refractivity contribution in [2.75, 3.05) is 6.61 Å². The van der Waals surface area contributed by atoms with Gasteiger partial charge in [0.05, 0.1) is 5.92 Å². The van der Waals surface area contributed by atoms with Crippen LogP contribution in [0.2, 0.25) is 0 Å². The summed E-state index contributed by atoms with van der Waals surface area (Å²) in [6, 6.07) is 31.9. The number of allylic oxidation sites excluding steroid dienone is 1. The fraction of sp³-hybridized carbons (Fsp3) is 0.125. The van der Waals surface area contributed by atoms with Crippen molar-refractivity contribution in [1.82, 2.24) is 0 Å². The largest absolute Gasteiger partial charge is 0.489 e. The van der Waals surface area contributed by atoms with Crippen LogP contribution in [0, 0.1) is 18.3 Å². The number of benzene rings is 4. The van der Waals surface area contributed by atoms with Crippen LogP contribution in [0.3, 0.4) is 0 Å². The minimum atomic E-state index is -0.564. The number of aryl methyl sites for hydroxylation is 1. The lowest BCUT2D eigenvalue weighted by molar-refractivity contribution is -0.136. The van der Waals surface area contributed by atoms with Crippen LogP contribution in [0.25, 0.3) is 0 Å². The molecule has 4 aromatic rings. The molecule has 0 saturated heterocycles. The molecule has 0 amide bonds. The minimum Gasteiger partial charge on any atom is -0.489 e. The third-order valence-electron chi connectivity index (χ3n) is 6.24. The Bertz CT molecular complexity index is 1560. The summed E-state index contributed by atoms with van der Waals surface area (Å²) >= 11 is 0. The highest BCUT2D eigenvalue weighted by molar-refractivity contribution is 5.74. The van der Waals surface area contributed by atoms with Gasteiger partial charge in [0.25, 0.3) is 0 Å². The molecule has 1 atom stereocenters. The van der Waals surface area contributed by atoms with Gasteiger partial charge in [-0.05, 0) is 48.4 Å². The summed E-state index contributed by atoms with van der Waals surface area (Å²) in [7, 11) is 0. The number of hydrogen-bond donors (Lipinski definition) is 1. The molecule has 1 unspecified atom stereocenters. The molecule has 194 valence electrons. The van der Waals surface area contributed by atoms with Crippen molar-refractivity contribution in [2.24, 2.45) is 5.73 Å². The predicted octanol–water partition coefficient (Wildman–Crippen LogP) is 5.78. The lowest BCUT2D eigenvalue weighted by Crippen LogP contribution is -2.21. The number of nitrogens with zero attached hydrogens (tertiary/aromatic N) is 1. The fourth-order valence-corrected chi connectivity index (χ4v) is 4.30. The van der Waals surface area contributed by atoms with E-state index in [2.05, 4.69) is 6.07 Å². The highest BCUT2D eigenvalue weighted by Crippen LogP contribution is 2.44. The number of ether oxygens (including phenoxy) is 4. The van der Waals surface area contributed by atoms with Gasteiger partial charge in [0.1, 0.15) is 41.2 Å². The Hall–Kier alpha value is -5.22. The summed E-state index contributed by atoms with van der Waals surface area (Å²) in [6.07, 6.45) is 0. The maximum atomic E-state index is 12.3. The highest BCUT2D eigenvalue weighted by atomic mass is 16.6. The molecule has 39 heavy (non-hydrogen) atoms. The molecule has 0 fully saturated rings. The third kappa shape index (κ3) is 6.03. The molecule has 0 saturated carbocycles. The van der Waals surface area contributed by atoms with E-state index < -0.39 is 11.9 Å². The summed E-state index contributed by atoms with van der Waals surface area (Å²) in [5.74, 6) is 0.865. The molecule has 4 aromatic carbocycles. The standard InChI is InChI=1S/C32H26N2O5/c1-21-10-12-22(13-11-21)19-36-25-9-5-6-23(16-25)31-27-15-14-26(17-29(27)39-32(34)28(31)18-33)38-30(35)20-37-24-7-3-2-4-8-24/h2-17,31H,19-20,34H2,1H3. The maximum absolute atomic E-state index is 12.3. The van der Waals surface area contributed by atoms with E-state index in [1.807, 2.05) is 73.7 Å². The number of hydrogen-bond acceptors (Lipinski definition) is 7. The number of carbonyl (C=O) groups is 1. The minimum absolute atomic E-state index is 0.00290. The average molecular weight is 519 g/mol. The first-order valence-electron chi connectivity index (χ1n) is 12.4. The van der Waals surface area contributed by atoms with Crippen molar-refractivity contribution in [2.45, 2.75) is 19.4 Å². The van der Waals surface area contributed by atoms with Crippen molar-refractivity contribution >= 4 is 5.97 Å². The first-order valence-corrected chi connectivity index (χ1v) is 12.4. The molecule has 5 rings (SSSR count). The zero-order valence-electron chi connectivity index (χ0n) is 21.3. The van der Waals surface area contributed by atoms with Gasteiger partial charge < -0.3 is 24.7 Å². The quantitative estimate of drug-likeness (QED) is 0.233. The van der Waals surface area contributed by atoms with Gasteiger partial charge in [-0.25, -0.2) is 4.79 Å². The molecule has 1 aliphatic rings. The summed E-state index contributed by atoms with van der Waals surface area (Å²) in [5.41, 5.74) is 10.2. The van der Waals surface area contributed by atoms with Gasteiger partial charge in [-0.2, -0.15) is 5.26 Å². The smallest absolute Gasteiger partial charge is 0.349 e. The number of carbonyl (C=O) groups excluding carboxylic acids is 1. The Morgan fingerprint density at radius 3 is 2.44 bits per heavy atom. The number of nitriles is 1. The second-order valence-electron chi connectivity index (χ2n) is 9.05. The lowest BCUT2D eigenvalue weighted by Gasteiger charge is -2.27. The van der Waals surface area contributed by atoms with E-state index in [9.17, 15) is 10.1 Å². The molecule has 0 spiro atoms. The predicted molar refractivity (Wildman–Crippen MR) is 145 cm³/mol. The van der Waals surface area contributed by atoms with Crippen molar-refractivity contribution in [3.63, 3.8) is 0 Å². The Labute approximate surface area is 226 Å². The molecule has 1 heterocycles. The van der Waals surface area contributed by atoms with Gasteiger partial charge in [0, 0.05) is 11.6 Å². The molecular weight excluding hydrogens is 492 g/mol. The first kappa shape index (κ1) is 25.4. The van der Waals surface area contributed by atoms with Crippen LogP contribution in [0.4, 0.5) is 0 Å². The lowest BCUT2D eigenvalue weighted by atomic mass is 9.83. The third-order valence-corrected chi connectivity index (χ3v) is 6.24. The topological polar surface area (TPSA) is 104 Å². The van der Waals surface area contributed by atoms with Crippen LogP contribution < -0.4 is 24.7 Å². The number of nitrogens with two attached hydrogens (primary N) is 1. The van der Waals surface area contributed by atoms with Gasteiger partial charge in [0.2, 0.25) is 5.88 Å². The van der Waals surface area contributed by atoms with Gasteiger partial charge in [-0.3, -0.25) is 0 Å². The fourth-order valence-electron chi connectivity index (χ4n) is 4.30. The molecule has 1 aliphatic heterocycles. The van der Waals surface area contributed by atoms with Gasteiger partial charge in [-0.15, -0.1) is 0 Å². The normalized spacial score (nSPS) is 14.0. The van der Waals surface area contributed by atoms with E-state index in [0.717, 1.165) is 16.7 Å². The second kappa shape index (κ2) is 11.4. The van der Waals surface area contributed by atoms with Crippen LogP contribution in [0.15, 0.2) is 109 Å². The summed E-state index contributed by atoms with van der Waals surface area (Å²) < 4.78 is 22.7. The van der Waals surface area contributed by atoms with E-state index in [0.29, 0.717) is 29.4 Å². The Kier molecular flexibility index (Phi) is 7.46. The van der Waals surface area contributed by atoms with E-state index in [4.69, 9.17) is 24.7 Å². The van der Waals surface area contributed by atoms with Crippen LogP contribution in [0.5, 0.6) is 23.0 Å². The molecule has 0 aromatic heterocycles. The van der Waals surface area contributed by atoms with Crippen LogP contribution >= 0.6 is 0 Å². The van der Waals surface area contributed by atoms with E-state index in [1.54, 1.807) is 30.3 Å². The molecule has 7 nitrogen and oxygen atoms in total. The zero-order chi connectivity index (χ0) is 27.2. The van der Waals surface area contributed by atoms with Crippen LogP contribution in [-0.4, -0.2) is 12.6 Å². The SMILES string of the molecule is Cc1ccc(COc2cccc(C3C(C#N)=C(N)Oc4cc(OC(=O)COc5ccccc5)ccc43)c2)cc1. The average Bonchev–Trinajstić information content (AvgIpc) is 2.95. The second-order valence-corrected chi connectivity index (χ2v) is 9.05. The highest BCUT2D eigenvalue weighted by Gasteiger charge is 2.31. The molecule has 2 N–H and O–H groups in total. The summed E-state index contributed by atoms with van der Waals surface area (Å²) in [5, 5.41) is 9.91. The Morgan fingerprint density at radius 1 is 0.897 bits per heavy atom. The first-order chi connectivity index (χ1) is 19.0. The molecule has 7 heteroatoms. The Balaban J connectivity index is 1.34. The summed E-state index contributed by atoms with van der Waals surface area (Å²) in [6.45, 7) is 2.21. The monoisotopic (exact) mass is 518 g/mol. The van der Waals surface area contributed by atoms with E-state index >= 15 is 0 Å². The number of para-hydroxylation sites is 1. The van der Waals surface area contributed by atoms with Crippen molar-refractivity contribution in [1.29, 1.82) is 5.26 Å². The van der Waals surface area contributed by atoms with Gasteiger partial charge in [0.15, 0.2) is 6.61 Å². The van der Waals surface area contributed by atoms with E-state index in [-0.39, 0.29) is 18.2 Å². The number of rotatable bonds is 8. The zero-order valence-corrected chi connectivity index (χ0v) is 21.3. The van der Waals surface area contributed by atoms with Crippen molar-refractivity contribution in [3.8, 4) is 29.1 Å². The van der Waals surface area contributed by atoms with Crippen LogP contribution in [0.1, 0.15) is 28.2 Å². The maximum Gasteiger partial charge on any atom is 0.349 e. The summed E-state index contributed by atoms with van der Waals surface area (Å²) in [4.78, 5) is 12.3. The van der Waals surface area contributed by atoms with E-state index in [1.165, 1.54) is 5.56 Å². The van der Waals surface area contributed by atoms with Crippen molar-refractivity contribution < 1.29 is 23.7 Å². The number of esters is 1. The molecule has 0 bridgehead atoms.